The molecule has 2 saturated heterocycles. The number of methoxy groups -OCH3 is 2. The van der Waals surface area contributed by atoms with E-state index in [2.05, 4.69) is 9.88 Å². The molecule has 2 fully saturated rings. The third-order valence-electron chi connectivity index (χ3n) is 6.20. The smallest absolute Gasteiger partial charge is 0.295 e. The first-order valence-corrected chi connectivity index (χ1v) is 11.3. The fourth-order valence-electron chi connectivity index (χ4n) is 4.52. The van der Waals surface area contributed by atoms with Crippen molar-refractivity contribution < 1.29 is 28.9 Å². The molecule has 1 amide bonds. The first kappa shape index (κ1) is 23.7. The standard InChI is InChI=1S/C25H29N3O6/c1-32-19-6-3-5-18(24(19)33-2)21-20(22(29)17-7-9-26-10-8-17)23(30)25(31)28(21)12-4-11-27-13-15-34-16-14-27/h3,5-10,21,29H,4,11-16H2,1-2H3/b22-20+. The van der Waals surface area contributed by atoms with Crippen LogP contribution in [-0.4, -0.2) is 85.2 Å². The maximum absolute atomic E-state index is 13.2. The number of ether oxygens (including phenoxy) is 3. The Morgan fingerprint density at radius 1 is 1.09 bits per heavy atom. The Hall–Kier alpha value is -3.43. The second-order valence-electron chi connectivity index (χ2n) is 8.12. The maximum Gasteiger partial charge on any atom is 0.295 e. The van der Waals surface area contributed by atoms with Gasteiger partial charge in [0, 0.05) is 49.7 Å². The van der Waals surface area contributed by atoms with Crippen LogP contribution < -0.4 is 9.47 Å². The van der Waals surface area contributed by atoms with E-state index in [0.29, 0.717) is 48.8 Å². The minimum atomic E-state index is -0.817. The summed E-state index contributed by atoms with van der Waals surface area (Å²) in [5.41, 5.74) is 1.00. The van der Waals surface area contributed by atoms with Gasteiger partial charge in [0.05, 0.1) is 39.0 Å². The van der Waals surface area contributed by atoms with Crippen LogP contribution in [-0.2, 0) is 14.3 Å². The number of nitrogens with zero attached hydrogens (tertiary/aromatic N) is 3. The normalized spacial score (nSPS) is 20.5. The number of ketones is 1. The average Bonchev–Trinajstić information content (AvgIpc) is 3.13. The van der Waals surface area contributed by atoms with Crippen molar-refractivity contribution in [1.82, 2.24) is 14.8 Å². The maximum atomic E-state index is 13.2. The summed E-state index contributed by atoms with van der Waals surface area (Å²) < 4.78 is 16.5. The molecule has 34 heavy (non-hydrogen) atoms. The molecule has 0 radical (unpaired) electrons. The quantitative estimate of drug-likeness (QED) is 0.358. The van der Waals surface area contributed by atoms with Gasteiger partial charge < -0.3 is 24.2 Å². The Morgan fingerprint density at radius 3 is 2.50 bits per heavy atom. The lowest BCUT2D eigenvalue weighted by atomic mass is 9.94. The molecule has 2 aliphatic heterocycles. The number of hydrogen-bond donors (Lipinski definition) is 1. The molecule has 0 bridgehead atoms. The molecular formula is C25H29N3O6. The number of hydrogen-bond acceptors (Lipinski definition) is 8. The molecule has 1 N–H and O–H groups in total. The second-order valence-corrected chi connectivity index (χ2v) is 8.12. The van der Waals surface area contributed by atoms with Crippen molar-refractivity contribution in [3.05, 3.63) is 59.4 Å². The molecule has 3 heterocycles. The first-order chi connectivity index (χ1) is 16.6. The van der Waals surface area contributed by atoms with Gasteiger partial charge in [-0.05, 0) is 24.6 Å². The molecule has 0 aliphatic carbocycles. The molecular weight excluding hydrogens is 438 g/mol. The fourth-order valence-corrected chi connectivity index (χ4v) is 4.52. The molecule has 0 spiro atoms. The zero-order chi connectivity index (χ0) is 24.1. The van der Waals surface area contributed by atoms with Gasteiger partial charge in [0.15, 0.2) is 11.5 Å². The second kappa shape index (κ2) is 10.7. The van der Waals surface area contributed by atoms with E-state index in [9.17, 15) is 14.7 Å². The monoisotopic (exact) mass is 467 g/mol. The van der Waals surface area contributed by atoms with Gasteiger partial charge in [-0.25, -0.2) is 0 Å². The van der Waals surface area contributed by atoms with Crippen LogP contribution in [0.4, 0.5) is 0 Å². The summed E-state index contributed by atoms with van der Waals surface area (Å²) in [6.07, 6.45) is 3.72. The Balaban J connectivity index is 1.74. The van der Waals surface area contributed by atoms with Crippen molar-refractivity contribution in [2.45, 2.75) is 12.5 Å². The van der Waals surface area contributed by atoms with Gasteiger partial charge in [-0.1, -0.05) is 12.1 Å². The van der Waals surface area contributed by atoms with Crippen LogP contribution in [0.15, 0.2) is 48.3 Å². The van der Waals surface area contributed by atoms with Crippen LogP contribution in [0.25, 0.3) is 5.76 Å². The molecule has 1 atom stereocenters. The lowest BCUT2D eigenvalue weighted by molar-refractivity contribution is -0.140. The van der Waals surface area contributed by atoms with Crippen LogP contribution in [0.3, 0.4) is 0 Å². The molecule has 4 rings (SSSR count). The van der Waals surface area contributed by atoms with Crippen molar-refractivity contribution in [2.75, 3.05) is 53.6 Å². The van der Waals surface area contributed by atoms with Gasteiger partial charge in [0.1, 0.15) is 5.76 Å². The molecule has 2 aromatic rings. The summed E-state index contributed by atoms with van der Waals surface area (Å²) in [4.78, 5) is 34.2. The van der Waals surface area contributed by atoms with Crippen LogP contribution in [0.5, 0.6) is 11.5 Å². The number of Topliss-reactive ketones (excluding diaryl/α,β-unsaturated/α-hetero) is 1. The predicted octanol–water partition coefficient (Wildman–Crippen LogP) is 2.24. The summed E-state index contributed by atoms with van der Waals surface area (Å²) in [7, 11) is 3.03. The average molecular weight is 468 g/mol. The number of rotatable bonds is 8. The minimum Gasteiger partial charge on any atom is -0.507 e. The van der Waals surface area contributed by atoms with E-state index in [1.54, 1.807) is 30.3 Å². The third-order valence-corrected chi connectivity index (χ3v) is 6.20. The van der Waals surface area contributed by atoms with Crippen LogP contribution >= 0.6 is 0 Å². The van der Waals surface area contributed by atoms with E-state index in [0.717, 1.165) is 19.6 Å². The molecule has 1 unspecified atom stereocenters. The van der Waals surface area contributed by atoms with Crippen molar-refractivity contribution in [1.29, 1.82) is 0 Å². The highest BCUT2D eigenvalue weighted by atomic mass is 16.5. The third kappa shape index (κ3) is 4.62. The first-order valence-electron chi connectivity index (χ1n) is 11.3. The Bertz CT molecular complexity index is 1070. The largest absolute Gasteiger partial charge is 0.507 e. The fraction of sp³-hybridized carbons (Fsp3) is 0.400. The molecule has 0 saturated carbocycles. The number of aliphatic hydroxyl groups is 1. The summed E-state index contributed by atoms with van der Waals surface area (Å²) >= 11 is 0. The Kier molecular flexibility index (Phi) is 7.44. The number of likely N-dealkylation sites (tertiary alicyclic amines) is 1. The lowest BCUT2D eigenvalue weighted by Crippen LogP contribution is -2.39. The van der Waals surface area contributed by atoms with Gasteiger partial charge in [-0.15, -0.1) is 0 Å². The van der Waals surface area contributed by atoms with Crippen molar-refractivity contribution in [2.24, 2.45) is 0 Å². The Morgan fingerprint density at radius 2 is 1.82 bits per heavy atom. The van der Waals surface area contributed by atoms with Gasteiger partial charge >= 0.3 is 0 Å². The van der Waals surface area contributed by atoms with Crippen LogP contribution in [0, 0.1) is 0 Å². The summed E-state index contributed by atoms with van der Waals surface area (Å²) in [6, 6.07) is 7.68. The molecule has 9 nitrogen and oxygen atoms in total. The van der Waals surface area contributed by atoms with E-state index < -0.39 is 17.7 Å². The molecule has 9 heteroatoms. The van der Waals surface area contributed by atoms with Crippen LogP contribution in [0.1, 0.15) is 23.6 Å². The van der Waals surface area contributed by atoms with Crippen molar-refractivity contribution >= 4 is 17.4 Å². The summed E-state index contributed by atoms with van der Waals surface area (Å²) in [6.45, 7) is 4.19. The number of aliphatic hydroxyl groups excluding tert-OH is 1. The number of amides is 1. The predicted molar refractivity (Wildman–Crippen MR) is 125 cm³/mol. The van der Waals surface area contributed by atoms with E-state index in [-0.39, 0.29) is 11.3 Å². The number of benzene rings is 1. The number of morpholine rings is 1. The van der Waals surface area contributed by atoms with E-state index in [1.165, 1.54) is 31.5 Å². The molecule has 1 aromatic carbocycles. The van der Waals surface area contributed by atoms with Gasteiger partial charge in [0.25, 0.3) is 11.7 Å². The topological polar surface area (TPSA) is 101 Å². The molecule has 2 aliphatic rings. The highest BCUT2D eigenvalue weighted by Crippen LogP contribution is 2.45. The van der Waals surface area contributed by atoms with Gasteiger partial charge in [0.2, 0.25) is 0 Å². The number of carbonyl (C=O) groups is 2. The number of aromatic nitrogens is 1. The highest BCUT2D eigenvalue weighted by molar-refractivity contribution is 6.46. The zero-order valence-corrected chi connectivity index (χ0v) is 19.4. The minimum absolute atomic E-state index is 0.0223. The number of pyridine rings is 1. The van der Waals surface area contributed by atoms with E-state index in [1.807, 2.05) is 0 Å². The van der Waals surface area contributed by atoms with Crippen molar-refractivity contribution in [3.63, 3.8) is 0 Å². The highest BCUT2D eigenvalue weighted by Gasteiger charge is 2.47. The van der Waals surface area contributed by atoms with Crippen LogP contribution in [0.2, 0.25) is 0 Å². The SMILES string of the molecule is COc1cccc(C2/C(=C(\O)c3ccncc3)C(=O)C(=O)N2CCCN2CCOCC2)c1OC. The Labute approximate surface area is 198 Å². The summed E-state index contributed by atoms with van der Waals surface area (Å²) in [5, 5.41) is 11.1. The van der Waals surface area contributed by atoms with E-state index in [4.69, 9.17) is 14.2 Å². The van der Waals surface area contributed by atoms with E-state index >= 15 is 0 Å². The molecule has 1 aromatic heterocycles. The zero-order valence-electron chi connectivity index (χ0n) is 19.4. The van der Waals surface area contributed by atoms with Gasteiger partial charge in [-0.2, -0.15) is 0 Å². The lowest BCUT2D eigenvalue weighted by Gasteiger charge is -2.29. The van der Waals surface area contributed by atoms with Crippen molar-refractivity contribution in [3.8, 4) is 11.5 Å². The number of carbonyl (C=O) groups excluding carboxylic acids is 2. The molecule has 180 valence electrons. The van der Waals surface area contributed by atoms with Gasteiger partial charge in [-0.3, -0.25) is 19.5 Å². The summed E-state index contributed by atoms with van der Waals surface area (Å²) in [5.74, 6) is -0.729. The number of para-hydroxylation sites is 1.